The predicted octanol–water partition coefficient (Wildman–Crippen LogP) is 1.52. The minimum Gasteiger partial charge on any atom is -0.322 e. The predicted molar refractivity (Wildman–Crippen MR) is 39.6 cm³/mol. The summed E-state index contributed by atoms with van der Waals surface area (Å²) < 4.78 is 36.0. The summed E-state index contributed by atoms with van der Waals surface area (Å²) in [6.45, 7) is 1.60. The molecule has 0 aromatic carbocycles. The van der Waals surface area contributed by atoms with Crippen LogP contribution in [0.5, 0.6) is 0 Å². The molecule has 0 saturated heterocycles. The van der Waals surface area contributed by atoms with Crippen molar-refractivity contribution >= 4 is 0 Å². The van der Waals surface area contributed by atoms with Crippen molar-refractivity contribution in [2.45, 2.75) is 19.1 Å². The number of hydrogen-bond acceptors (Lipinski definition) is 3. The van der Waals surface area contributed by atoms with Crippen molar-refractivity contribution in [3.05, 3.63) is 23.8 Å². The van der Waals surface area contributed by atoms with Gasteiger partial charge in [0.15, 0.2) is 0 Å². The molecule has 1 atom stereocenters. The fourth-order valence-corrected chi connectivity index (χ4v) is 0.720. The molecule has 1 aromatic rings. The standard InChI is InChI=1S/C7H8F3N3/c1-4(11)6-12-2-5(3-13-6)7(8,9)10/h2-4H,11H2,1H3/t4-/m1/s1. The molecule has 0 aliphatic carbocycles. The molecule has 0 spiro atoms. The van der Waals surface area contributed by atoms with Gasteiger partial charge in [0.05, 0.1) is 11.6 Å². The molecule has 2 N–H and O–H groups in total. The molecule has 1 aromatic heterocycles. The molecule has 6 heteroatoms. The van der Waals surface area contributed by atoms with Gasteiger partial charge in [0.25, 0.3) is 0 Å². The summed E-state index contributed by atoms with van der Waals surface area (Å²) in [7, 11) is 0. The third kappa shape index (κ3) is 2.38. The molecule has 1 heterocycles. The van der Waals surface area contributed by atoms with E-state index in [1.807, 2.05) is 0 Å². The quantitative estimate of drug-likeness (QED) is 0.732. The van der Waals surface area contributed by atoms with Gasteiger partial charge in [-0.3, -0.25) is 0 Å². The third-order valence-electron chi connectivity index (χ3n) is 1.41. The van der Waals surface area contributed by atoms with Crippen LogP contribution in [-0.2, 0) is 6.18 Å². The maximum atomic E-state index is 12.0. The van der Waals surface area contributed by atoms with Gasteiger partial charge in [-0.2, -0.15) is 13.2 Å². The summed E-state index contributed by atoms with van der Waals surface area (Å²) in [6.07, 6.45) is -2.94. The van der Waals surface area contributed by atoms with Gasteiger partial charge < -0.3 is 5.73 Å². The number of alkyl halides is 3. The van der Waals surface area contributed by atoms with Gasteiger partial charge in [0.1, 0.15) is 5.82 Å². The smallest absolute Gasteiger partial charge is 0.322 e. The maximum absolute atomic E-state index is 12.0. The Labute approximate surface area is 72.8 Å². The summed E-state index contributed by atoms with van der Waals surface area (Å²) >= 11 is 0. The SMILES string of the molecule is C[C@@H](N)c1ncc(C(F)(F)F)cn1. The Morgan fingerprint density at radius 3 is 2.08 bits per heavy atom. The lowest BCUT2D eigenvalue weighted by molar-refractivity contribution is -0.138. The molecular weight excluding hydrogens is 183 g/mol. The molecule has 72 valence electrons. The molecule has 0 radical (unpaired) electrons. The van der Waals surface area contributed by atoms with Gasteiger partial charge in [0, 0.05) is 12.4 Å². The first kappa shape index (κ1) is 9.91. The highest BCUT2D eigenvalue weighted by atomic mass is 19.4. The van der Waals surface area contributed by atoms with E-state index in [4.69, 9.17) is 5.73 Å². The lowest BCUT2D eigenvalue weighted by Gasteiger charge is -2.07. The van der Waals surface area contributed by atoms with Crippen LogP contribution in [0.25, 0.3) is 0 Å². The van der Waals surface area contributed by atoms with Crippen LogP contribution in [0.2, 0.25) is 0 Å². The first-order chi connectivity index (χ1) is 5.91. The van der Waals surface area contributed by atoms with Crippen molar-refractivity contribution in [2.24, 2.45) is 5.73 Å². The fourth-order valence-electron chi connectivity index (χ4n) is 0.720. The number of nitrogens with two attached hydrogens (primary N) is 1. The highest BCUT2D eigenvalue weighted by molar-refractivity contribution is 5.10. The molecule has 0 unspecified atom stereocenters. The Morgan fingerprint density at radius 2 is 1.77 bits per heavy atom. The van der Waals surface area contributed by atoms with Crippen LogP contribution in [0.4, 0.5) is 13.2 Å². The minimum atomic E-state index is -4.39. The minimum absolute atomic E-state index is 0.202. The van der Waals surface area contributed by atoms with Gasteiger partial charge >= 0.3 is 6.18 Å². The summed E-state index contributed by atoms with van der Waals surface area (Å²) in [5.41, 5.74) is 4.50. The van der Waals surface area contributed by atoms with Crippen LogP contribution in [0.1, 0.15) is 24.4 Å². The van der Waals surface area contributed by atoms with Crippen molar-refractivity contribution < 1.29 is 13.2 Å². The number of nitrogens with zero attached hydrogens (tertiary/aromatic N) is 2. The summed E-state index contributed by atoms with van der Waals surface area (Å²) in [5, 5.41) is 0. The first-order valence-corrected chi connectivity index (χ1v) is 3.56. The van der Waals surface area contributed by atoms with Crippen molar-refractivity contribution in [3.63, 3.8) is 0 Å². The van der Waals surface area contributed by atoms with Gasteiger partial charge in [-0.15, -0.1) is 0 Å². The first-order valence-electron chi connectivity index (χ1n) is 3.56. The molecule has 3 nitrogen and oxygen atoms in total. The van der Waals surface area contributed by atoms with E-state index in [1.54, 1.807) is 6.92 Å². The molecule has 13 heavy (non-hydrogen) atoms. The Kier molecular flexibility index (Phi) is 2.51. The molecule has 0 aliphatic heterocycles. The van der Waals surface area contributed by atoms with Gasteiger partial charge in [-0.1, -0.05) is 0 Å². The number of aromatic nitrogens is 2. The van der Waals surface area contributed by atoms with E-state index >= 15 is 0 Å². The average molecular weight is 191 g/mol. The molecule has 0 amide bonds. The van der Waals surface area contributed by atoms with Crippen LogP contribution in [-0.4, -0.2) is 9.97 Å². The summed E-state index contributed by atoms with van der Waals surface area (Å²) in [4.78, 5) is 6.98. The zero-order valence-corrected chi connectivity index (χ0v) is 6.84. The normalized spacial score (nSPS) is 14.2. The Bertz CT molecular complexity index is 278. The topological polar surface area (TPSA) is 51.8 Å². The van der Waals surface area contributed by atoms with Crippen LogP contribution in [0, 0.1) is 0 Å². The highest BCUT2D eigenvalue weighted by Gasteiger charge is 2.31. The highest BCUT2D eigenvalue weighted by Crippen LogP contribution is 2.27. The molecular formula is C7H8F3N3. The lowest BCUT2D eigenvalue weighted by atomic mass is 10.3. The monoisotopic (exact) mass is 191 g/mol. The fraction of sp³-hybridized carbons (Fsp3) is 0.429. The van der Waals surface area contributed by atoms with E-state index in [-0.39, 0.29) is 5.82 Å². The lowest BCUT2D eigenvalue weighted by Crippen LogP contribution is -2.12. The van der Waals surface area contributed by atoms with Crippen molar-refractivity contribution in [1.82, 2.24) is 9.97 Å². The van der Waals surface area contributed by atoms with Crippen molar-refractivity contribution in [2.75, 3.05) is 0 Å². The second-order valence-electron chi connectivity index (χ2n) is 2.62. The Balaban J connectivity index is 2.94. The average Bonchev–Trinajstić information content (AvgIpc) is 2.03. The van der Waals surface area contributed by atoms with Gasteiger partial charge in [0.2, 0.25) is 0 Å². The van der Waals surface area contributed by atoms with E-state index < -0.39 is 17.8 Å². The zero-order valence-electron chi connectivity index (χ0n) is 6.84. The zero-order chi connectivity index (χ0) is 10.1. The van der Waals surface area contributed by atoms with E-state index in [2.05, 4.69) is 9.97 Å². The molecule has 0 bridgehead atoms. The van der Waals surface area contributed by atoms with Gasteiger partial charge in [-0.25, -0.2) is 9.97 Å². The maximum Gasteiger partial charge on any atom is 0.419 e. The Morgan fingerprint density at radius 1 is 1.31 bits per heavy atom. The van der Waals surface area contributed by atoms with E-state index in [0.717, 1.165) is 12.4 Å². The van der Waals surface area contributed by atoms with Crippen LogP contribution in [0.3, 0.4) is 0 Å². The van der Waals surface area contributed by atoms with E-state index in [9.17, 15) is 13.2 Å². The Hall–Kier alpha value is -1.17. The molecule has 1 rings (SSSR count). The van der Waals surface area contributed by atoms with Crippen LogP contribution >= 0.6 is 0 Å². The van der Waals surface area contributed by atoms with Crippen LogP contribution in [0.15, 0.2) is 12.4 Å². The number of hydrogen-bond donors (Lipinski definition) is 1. The third-order valence-corrected chi connectivity index (χ3v) is 1.41. The van der Waals surface area contributed by atoms with E-state index in [0.29, 0.717) is 0 Å². The van der Waals surface area contributed by atoms with Crippen molar-refractivity contribution in [1.29, 1.82) is 0 Å². The number of halogens is 3. The van der Waals surface area contributed by atoms with E-state index in [1.165, 1.54) is 0 Å². The number of rotatable bonds is 1. The summed E-state index contributed by atoms with van der Waals surface area (Å²) in [6, 6.07) is -0.456. The van der Waals surface area contributed by atoms with Gasteiger partial charge in [-0.05, 0) is 6.92 Å². The largest absolute Gasteiger partial charge is 0.419 e. The van der Waals surface area contributed by atoms with Crippen molar-refractivity contribution in [3.8, 4) is 0 Å². The second kappa shape index (κ2) is 3.29. The molecule has 0 aliphatic rings. The summed E-state index contributed by atoms with van der Waals surface area (Å²) in [5.74, 6) is 0.202. The second-order valence-corrected chi connectivity index (χ2v) is 2.62. The molecule has 0 fully saturated rings. The van der Waals surface area contributed by atoms with Crippen LogP contribution < -0.4 is 5.73 Å². The molecule has 0 saturated carbocycles.